The maximum Gasteiger partial charge on any atom is 0.106 e. The fraction of sp³-hybridized carbons (Fsp3) is 0.353. The third kappa shape index (κ3) is 5.06. The van der Waals surface area contributed by atoms with E-state index in [4.69, 9.17) is 0 Å². The van der Waals surface area contributed by atoms with Crippen molar-refractivity contribution in [3.63, 3.8) is 0 Å². The third-order valence-corrected chi connectivity index (χ3v) is 3.84. The molecule has 0 aliphatic rings. The highest BCUT2D eigenvalue weighted by Crippen LogP contribution is 2.15. The standard InChI is InChI=1S/C17H21BrN2/c1-17(2,12-11-14-7-4-3-5-8-14)19-13-15-9-6-10-16(18)20-15/h3-10,19H,11-13H2,1-2H3. The van der Waals surface area contributed by atoms with Crippen LogP contribution in [0.4, 0.5) is 0 Å². The normalized spacial score (nSPS) is 11.6. The largest absolute Gasteiger partial charge is 0.306 e. The number of aryl methyl sites for hydroxylation is 1. The molecule has 0 radical (unpaired) electrons. The Balaban J connectivity index is 1.84. The molecule has 20 heavy (non-hydrogen) atoms. The van der Waals surface area contributed by atoms with Gasteiger partial charge >= 0.3 is 0 Å². The van der Waals surface area contributed by atoms with Crippen molar-refractivity contribution in [2.75, 3.05) is 0 Å². The van der Waals surface area contributed by atoms with E-state index in [9.17, 15) is 0 Å². The zero-order valence-electron chi connectivity index (χ0n) is 12.1. The Bertz CT molecular complexity index is 538. The Labute approximate surface area is 129 Å². The molecule has 2 nitrogen and oxygen atoms in total. The lowest BCUT2D eigenvalue weighted by Gasteiger charge is -2.26. The van der Waals surface area contributed by atoms with Crippen LogP contribution in [0.25, 0.3) is 0 Å². The molecule has 0 unspecified atom stereocenters. The summed E-state index contributed by atoms with van der Waals surface area (Å²) in [6.07, 6.45) is 2.19. The van der Waals surface area contributed by atoms with Crippen LogP contribution in [0.3, 0.4) is 0 Å². The molecule has 0 atom stereocenters. The van der Waals surface area contributed by atoms with Crippen molar-refractivity contribution in [3.05, 3.63) is 64.4 Å². The molecule has 1 aromatic heterocycles. The van der Waals surface area contributed by atoms with Gasteiger partial charge in [0.25, 0.3) is 0 Å². The van der Waals surface area contributed by atoms with Gasteiger partial charge in [-0.05, 0) is 60.3 Å². The average molecular weight is 333 g/mol. The number of hydrogen-bond acceptors (Lipinski definition) is 2. The number of nitrogens with zero attached hydrogens (tertiary/aromatic N) is 1. The summed E-state index contributed by atoms with van der Waals surface area (Å²) < 4.78 is 0.888. The van der Waals surface area contributed by atoms with E-state index in [1.807, 2.05) is 18.2 Å². The van der Waals surface area contributed by atoms with Crippen LogP contribution in [0.5, 0.6) is 0 Å². The van der Waals surface area contributed by atoms with E-state index in [2.05, 4.69) is 70.4 Å². The van der Waals surface area contributed by atoms with Crippen molar-refractivity contribution < 1.29 is 0 Å². The van der Waals surface area contributed by atoms with Crippen molar-refractivity contribution in [2.45, 2.75) is 38.8 Å². The predicted molar refractivity (Wildman–Crippen MR) is 87.6 cm³/mol. The minimum Gasteiger partial charge on any atom is -0.306 e. The molecule has 0 saturated carbocycles. The number of aromatic nitrogens is 1. The van der Waals surface area contributed by atoms with Crippen LogP contribution in [-0.4, -0.2) is 10.5 Å². The van der Waals surface area contributed by atoms with Crippen LogP contribution in [-0.2, 0) is 13.0 Å². The zero-order valence-corrected chi connectivity index (χ0v) is 13.7. The Morgan fingerprint density at radius 2 is 1.80 bits per heavy atom. The highest BCUT2D eigenvalue weighted by molar-refractivity contribution is 9.10. The quantitative estimate of drug-likeness (QED) is 0.795. The lowest BCUT2D eigenvalue weighted by atomic mass is 9.95. The molecule has 0 fully saturated rings. The van der Waals surface area contributed by atoms with E-state index in [1.54, 1.807) is 0 Å². The van der Waals surface area contributed by atoms with Crippen molar-refractivity contribution in [1.82, 2.24) is 10.3 Å². The monoisotopic (exact) mass is 332 g/mol. The number of hydrogen-bond donors (Lipinski definition) is 1. The number of rotatable bonds is 6. The first-order valence-electron chi connectivity index (χ1n) is 6.96. The summed E-state index contributed by atoms with van der Waals surface area (Å²) in [5.41, 5.74) is 2.55. The summed E-state index contributed by atoms with van der Waals surface area (Å²) in [6, 6.07) is 16.6. The maximum absolute atomic E-state index is 4.45. The highest BCUT2D eigenvalue weighted by Gasteiger charge is 2.16. The molecule has 0 amide bonds. The van der Waals surface area contributed by atoms with E-state index in [1.165, 1.54) is 5.56 Å². The van der Waals surface area contributed by atoms with Gasteiger partial charge in [0, 0.05) is 12.1 Å². The number of halogens is 1. The van der Waals surface area contributed by atoms with Gasteiger partial charge in [0.05, 0.1) is 5.69 Å². The number of pyridine rings is 1. The van der Waals surface area contributed by atoms with E-state index < -0.39 is 0 Å². The molecular formula is C17H21BrN2. The zero-order chi connectivity index (χ0) is 14.4. The van der Waals surface area contributed by atoms with Gasteiger partial charge in [-0.25, -0.2) is 4.98 Å². The van der Waals surface area contributed by atoms with Crippen LogP contribution < -0.4 is 5.32 Å². The Morgan fingerprint density at radius 1 is 1.05 bits per heavy atom. The first kappa shape index (κ1) is 15.2. The van der Waals surface area contributed by atoms with Crippen LogP contribution >= 0.6 is 15.9 Å². The van der Waals surface area contributed by atoms with Crippen molar-refractivity contribution in [3.8, 4) is 0 Å². The molecule has 1 heterocycles. The summed E-state index contributed by atoms with van der Waals surface area (Å²) in [5, 5.41) is 3.59. The van der Waals surface area contributed by atoms with E-state index in [0.717, 1.165) is 29.7 Å². The summed E-state index contributed by atoms with van der Waals surface area (Å²) in [4.78, 5) is 4.45. The first-order valence-corrected chi connectivity index (χ1v) is 7.75. The minimum atomic E-state index is 0.0971. The minimum absolute atomic E-state index is 0.0971. The van der Waals surface area contributed by atoms with Gasteiger partial charge in [-0.15, -0.1) is 0 Å². The van der Waals surface area contributed by atoms with Gasteiger partial charge in [0.1, 0.15) is 4.60 Å². The average Bonchev–Trinajstić information content (AvgIpc) is 2.45. The molecule has 2 aromatic rings. The maximum atomic E-state index is 4.45. The summed E-state index contributed by atoms with van der Waals surface area (Å²) >= 11 is 3.41. The molecule has 1 N–H and O–H groups in total. The van der Waals surface area contributed by atoms with E-state index in [-0.39, 0.29) is 5.54 Å². The second-order valence-electron chi connectivity index (χ2n) is 5.67. The molecular weight excluding hydrogens is 312 g/mol. The smallest absolute Gasteiger partial charge is 0.106 e. The second kappa shape index (κ2) is 7.00. The van der Waals surface area contributed by atoms with Gasteiger partial charge in [-0.1, -0.05) is 36.4 Å². The molecule has 106 valence electrons. The second-order valence-corrected chi connectivity index (χ2v) is 6.49. The van der Waals surface area contributed by atoms with Gasteiger partial charge in [0.2, 0.25) is 0 Å². The first-order chi connectivity index (χ1) is 9.55. The molecule has 0 aliphatic heterocycles. The third-order valence-electron chi connectivity index (χ3n) is 3.40. The summed E-state index contributed by atoms with van der Waals surface area (Å²) in [5.74, 6) is 0. The number of benzene rings is 1. The lowest BCUT2D eigenvalue weighted by Crippen LogP contribution is -2.39. The molecule has 1 aromatic carbocycles. The Hall–Kier alpha value is -1.19. The molecule has 2 rings (SSSR count). The van der Waals surface area contributed by atoms with Crippen molar-refractivity contribution in [2.24, 2.45) is 0 Å². The fourth-order valence-corrected chi connectivity index (χ4v) is 2.45. The molecule has 3 heteroatoms. The molecule has 0 spiro atoms. The van der Waals surface area contributed by atoms with Crippen LogP contribution in [0.1, 0.15) is 31.5 Å². The molecule has 0 bridgehead atoms. The highest BCUT2D eigenvalue weighted by atomic mass is 79.9. The summed E-state index contributed by atoms with van der Waals surface area (Å²) in [7, 11) is 0. The fourth-order valence-electron chi connectivity index (χ4n) is 2.07. The van der Waals surface area contributed by atoms with E-state index in [0.29, 0.717) is 0 Å². The van der Waals surface area contributed by atoms with Gasteiger partial charge in [0.15, 0.2) is 0 Å². The van der Waals surface area contributed by atoms with E-state index >= 15 is 0 Å². The predicted octanol–water partition coefficient (Wildman–Crippen LogP) is 4.35. The lowest BCUT2D eigenvalue weighted by molar-refractivity contribution is 0.358. The Morgan fingerprint density at radius 3 is 2.50 bits per heavy atom. The van der Waals surface area contributed by atoms with Gasteiger partial charge < -0.3 is 5.32 Å². The van der Waals surface area contributed by atoms with Crippen molar-refractivity contribution >= 4 is 15.9 Å². The van der Waals surface area contributed by atoms with Crippen LogP contribution in [0, 0.1) is 0 Å². The van der Waals surface area contributed by atoms with Crippen molar-refractivity contribution in [1.29, 1.82) is 0 Å². The van der Waals surface area contributed by atoms with Gasteiger partial charge in [-0.3, -0.25) is 0 Å². The Kier molecular flexibility index (Phi) is 5.32. The van der Waals surface area contributed by atoms with Crippen LogP contribution in [0.2, 0.25) is 0 Å². The topological polar surface area (TPSA) is 24.9 Å². The van der Waals surface area contributed by atoms with Gasteiger partial charge in [-0.2, -0.15) is 0 Å². The molecule has 0 aliphatic carbocycles. The number of nitrogens with one attached hydrogen (secondary N) is 1. The molecule has 0 saturated heterocycles. The van der Waals surface area contributed by atoms with Crippen LogP contribution in [0.15, 0.2) is 53.1 Å². The summed E-state index contributed by atoms with van der Waals surface area (Å²) in [6.45, 7) is 5.28. The SMILES string of the molecule is CC(C)(CCc1ccccc1)NCc1cccc(Br)n1.